The van der Waals surface area contributed by atoms with Gasteiger partial charge in [-0.05, 0) is 19.9 Å². The molecule has 0 aromatic carbocycles. The Morgan fingerprint density at radius 3 is 2.59 bits per heavy atom. The van der Waals surface area contributed by atoms with Crippen molar-refractivity contribution in [3.05, 3.63) is 0 Å². The standard InChI is InChI=1S/C13H23N3O/c1-16(10-6-9-14)11-13(17)15-12-7-4-2-3-5-8-12/h12H,2-8,10-11H2,1H3,(H,15,17). The van der Waals surface area contributed by atoms with Gasteiger partial charge in [0.2, 0.25) is 5.91 Å². The third kappa shape index (κ3) is 6.28. The summed E-state index contributed by atoms with van der Waals surface area (Å²) in [5, 5.41) is 11.6. The molecule has 0 aliphatic heterocycles. The summed E-state index contributed by atoms with van der Waals surface area (Å²) in [6.45, 7) is 1.06. The van der Waals surface area contributed by atoms with E-state index in [1.807, 2.05) is 11.9 Å². The number of nitrogens with one attached hydrogen (secondary N) is 1. The fraction of sp³-hybridized carbons (Fsp3) is 0.846. The number of amides is 1. The minimum atomic E-state index is 0.0948. The number of hydrogen-bond donors (Lipinski definition) is 1. The van der Waals surface area contributed by atoms with Crippen molar-refractivity contribution in [3.8, 4) is 6.07 Å². The van der Waals surface area contributed by atoms with Crippen molar-refractivity contribution in [2.24, 2.45) is 0 Å². The van der Waals surface area contributed by atoms with Gasteiger partial charge in [0, 0.05) is 19.0 Å². The Morgan fingerprint density at radius 2 is 2.00 bits per heavy atom. The van der Waals surface area contributed by atoms with Gasteiger partial charge in [-0.2, -0.15) is 5.26 Å². The molecule has 1 amide bonds. The SMILES string of the molecule is CN(CCC#N)CC(=O)NC1CCCCCC1. The highest BCUT2D eigenvalue weighted by molar-refractivity contribution is 5.78. The molecule has 96 valence electrons. The number of hydrogen-bond acceptors (Lipinski definition) is 3. The highest BCUT2D eigenvalue weighted by atomic mass is 16.2. The molecule has 0 unspecified atom stereocenters. The molecule has 0 saturated heterocycles. The topological polar surface area (TPSA) is 56.1 Å². The van der Waals surface area contributed by atoms with Crippen LogP contribution in [0.3, 0.4) is 0 Å². The molecule has 0 bridgehead atoms. The van der Waals surface area contributed by atoms with Crippen molar-refractivity contribution < 1.29 is 4.79 Å². The highest BCUT2D eigenvalue weighted by Gasteiger charge is 2.15. The van der Waals surface area contributed by atoms with Gasteiger partial charge >= 0.3 is 0 Å². The van der Waals surface area contributed by atoms with Crippen LogP contribution in [0.2, 0.25) is 0 Å². The summed E-state index contributed by atoms with van der Waals surface area (Å²) in [7, 11) is 1.88. The first-order chi connectivity index (χ1) is 8.22. The molecule has 1 fully saturated rings. The van der Waals surface area contributed by atoms with Crippen molar-refractivity contribution in [2.45, 2.75) is 51.0 Å². The van der Waals surface area contributed by atoms with E-state index in [2.05, 4.69) is 11.4 Å². The number of nitriles is 1. The molecule has 0 atom stereocenters. The summed E-state index contributed by atoms with van der Waals surface area (Å²) in [6.07, 6.45) is 7.78. The highest BCUT2D eigenvalue weighted by Crippen LogP contribution is 2.16. The lowest BCUT2D eigenvalue weighted by atomic mass is 10.1. The molecule has 4 nitrogen and oxygen atoms in total. The molecule has 0 spiro atoms. The first kappa shape index (κ1) is 14.0. The Morgan fingerprint density at radius 1 is 1.35 bits per heavy atom. The molecule has 0 aromatic heterocycles. The van der Waals surface area contributed by atoms with E-state index < -0.39 is 0 Å². The summed E-state index contributed by atoms with van der Waals surface area (Å²) in [5.41, 5.74) is 0. The van der Waals surface area contributed by atoms with E-state index in [0.717, 1.165) is 12.8 Å². The van der Waals surface area contributed by atoms with E-state index >= 15 is 0 Å². The van der Waals surface area contributed by atoms with Gasteiger partial charge in [-0.3, -0.25) is 9.69 Å². The van der Waals surface area contributed by atoms with Gasteiger partial charge in [-0.15, -0.1) is 0 Å². The number of nitrogens with zero attached hydrogens (tertiary/aromatic N) is 2. The van der Waals surface area contributed by atoms with Crippen LogP contribution in [0.1, 0.15) is 44.9 Å². The summed E-state index contributed by atoms with van der Waals surface area (Å²) >= 11 is 0. The maximum Gasteiger partial charge on any atom is 0.234 e. The molecular formula is C13H23N3O. The number of carbonyl (C=O) groups is 1. The van der Waals surface area contributed by atoms with Crippen molar-refractivity contribution >= 4 is 5.91 Å². The molecular weight excluding hydrogens is 214 g/mol. The fourth-order valence-electron chi connectivity index (χ4n) is 2.26. The van der Waals surface area contributed by atoms with E-state index in [9.17, 15) is 4.79 Å². The zero-order valence-corrected chi connectivity index (χ0v) is 10.7. The van der Waals surface area contributed by atoms with Crippen LogP contribution < -0.4 is 5.32 Å². The predicted molar refractivity (Wildman–Crippen MR) is 67.4 cm³/mol. The van der Waals surface area contributed by atoms with Crippen LogP contribution in [-0.2, 0) is 4.79 Å². The van der Waals surface area contributed by atoms with Gasteiger partial charge < -0.3 is 5.32 Å². The molecule has 4 heteroatoms. The number of likely N-dealkylation sites (N-methyl/N-ethyl adjacent to an activating group) is 1. The largest absolute Gasteiger partial charge is 0.352 e. The van der Waals surface area contributed by atoms with Crippen molar-refractivity contribution in [2.75, 3.05) is 20.1 Å². The van der Waals surface area contributed by atoms with Gasteiger partial charge in [0.25, 0.3) is 0 Å². The zero-order valence-electron chi connectivity index (χ0n) is 10.7. The van der Waals surface area contributed by atoms with Crippen LogP contribution in [0.25, 0.3) is 0 Å². The van der Waals surface area contributed by atoms with Gasteiger partial charge in [0.15, 0.2) is 0 Å². The number of rotatable bonds is 5. The van der Waals surface area contributed by atoms with Crippen LogP contribution in [-0.4, -0.2) is 37.0 Å². The average Bonchev–Trinajstić information content (AvgIpc) is 2.54. The van der Waals surface area contributed by atoms with Gasteiger partial charge in [-0.1, -0.05) is 25.7 Å². The molecule has 1 aliphatic carbocycles. The summed E-state index contributed by atoms with van der Waals surface area (Å²) in [5.74, 6) is 0.0948. The van der Waals surface area contributed by atoms with Crippen LogP contribution in [0.4, 0.5) is 0 Å². The van der Waals surface area contributed by atoms with Gasteiger partial charge in [-0.25, -0.2) is 0 Å². The second-order valence-corrected chi connectivity index (χ2v) is 4.90. The second kappa shape index (κ2) is 8.08. The predicted octanol–water partition coefficient (Wildman–Crippen LogP) is 1.67. The first-order valence-corrected chi connectivity index (χ1v) is 6.57. The average molecular weight is 237 g/mol. The van der Waals surface area contributed by atoms with Crippen molar-refractivity contribution in [3.63, 3.8) is 0 Å². The van der Waals surface area contributed by atoms with E-state index in [0.29, 0.717) is 25.6 Å². The lowest BCUT2D eigenvalue weighted by molar-refractivity contribution is -0.122. The molecule has 1 aliphatic rings. The number of carbonyl (C=O) groups excluding carboxylic acids is 1. The Kier molecular flexibility index (Phi) is 6.64. The van der Waals surface area contributed by atoms with E-state index in [1.165, 1.54) is 25.7 Å². The smallest absolute Gasteiger partial charge is 0.234 e. The molecule has 17 heavy (non-hydrogen) atoms. The van der Waals surface area contributed by atoms with E-state index in [1.54, 1.807) is 0 Å². The lowest BCUT2D eigenvalue weighted by Gasteiger charge is -2.19. The summed E-state index contributed by atoms with van der Waals surface area (Å²) < 4.78 is 0. The first-order valence-electron chi connectivity index (χ1n) is 6.57. The Labute approximate surface area is 104 Å². The third-order valence-electron chi connectivity index (χ3n) is 3.24. The monoisotopic (exact) mass is 237 g/mol. The Bertz CT molecular complexity index is 264. The van der Waals surface area contributed by atoms with Gasteiger partial charge in [0.1, 0.15) is 0 Å². The lowest BCUT2D eigenvalue weighted by Crippen LogP contribution is -2.41. The molecule has 0 heterocycles. The van der Waals surface area contributed by atoms with Crippen molar-refractivity contribution in [1.29, 1.82) is 5.26 Å². The third-order valence-corrected chi connectivity index (χ3v) is 3.24. The quantitative estimate of drug-likeness (QED) is 0.740. The van der Waals surface area contributed by atoms with Crippen molar-refractivity contribution in [1.82, 2.24) is 10.2 Å². The Hall–Kier alpha value is -1.08. The van der Waals surface area contributed by atoms with E-state index in [-0.39, 0.29) is 5.91 Å². The van der Waals surface area contributed by atoms with Crippen LogP contribution in [0, 0.1) is 11.3 Å². The molecule has 1 rings (SSSR count). The fourth-order valence-corrected chi connectivity index (χ4v) is 2.26. The summed E-state index contributed by atoms with van der Waals surface area (Å²) in [4.78, 5) is 13.7. The molecule has 0 radical (unpaired) electrons. The second-order valence-electron chi connectivity index (χ2n) is 4.90. The van der Waals surface area contributed by atoms with Crippen LogP contribution in [0.15, 0.2) is 0 Å². The summed E-state index contributed by atoms with van der Waals surface area (Å²) in [6, 6.07) is 2.46. The maximum absolute atomic E-state index is 11.8. The zero-order chi connectivity index (χ0) is 12.5. The molecule has 1 N–H and O–H groups in total. The Balaban J connectivity index is 2.21. The van der Waals surface area contributed by atoms with E-state index in [4.69, 9.17) is 5.26 Å². The molecule has 1 saturated carbocycles. The van der Waals surface area contributed by atoms with Crippen LogP contribution >= 0.6 is 0 Å². The maximum atomic E-state index is 11.8. The van der Waals surface area contributed by atoms with Gasteiger partial charge in [0.05, 0.1) is 12.6 Å². The normalized spacial score (nSPS) is 17.5. The minimum absolute atomic E-state index is 0.0948. The minimum Gasteiger partial charge on any atom is -0.352 e. The van der Waals surface area contributed by atoms with Crippen LogP contribution in [0.5, 0.6) is 0 Å². The molecule has 0 aromatic rings.